The molecule has 42 heavy (non-hydrogen) atoms. The molecule has 0 atom stereocenters. The van der Waals surface area contributed by atoms with E-state index in [2.05, 4.69) is 10.6 Å². The van der Waals surface area contributed by atoms with Gasteiger partial charge >= 0.3 is 0 Å². The number of ether oxygens (including phenoxy) is 6. The first-order chi connectivity index (χ1) is 20.7. The van der Waals surface area contributed by atoms with Gasteiger partial charge in [-0.15, -0.1) is 0 Å². The van der Waals surface area contributed by atoms with E-state index in [0.717, 1.165) is 25.7 Å². The lowest BCUT2D eigenvalue weighted by molar-refractivity contribution is -0.122. The SMILES string of the molecule is COCCOCCOCCNC(=O)CCCCCCCSSCCCCCCCC(=O)NCCOCCOCCOC. The molecule has 0 bridgehead atoms. The molecule has 0 aromatic heterocycles. The molecule has 250 valence electrons. The summed E-state index contributed by atoms with van der Waals surface area (Å²) in [5.74, 6) is 2.62. The van der Waals surface area contributed by atoms with E-state index in [-0.39, 0.29) is 11.8 Å². The summed E-state index contributed by atoms with van der Waals surface area (Å²) in [6, 6.07) is 0. The number of carbonyl (C=O) groups excluding carboxylic acids is 2. The molecule has 2 amide bonds. The molecule has 0 aliphatic heterocycles. The summed E-state index contributed by atoms with van der Waals surface area (Å²) in [6.07, 6.45) is 12.7. The van der Waals surface area contributed by atoms with Gasteiger partial charge in [0.15, 0.2) is 0 Å². The van der Waals surface area contributed by atoms with Crippen LogP contribution in [0.4, 0.5) is 0 Å². The monoisotopic (exact) mass is 640 g/mol. The molecule has 12 heteroatoms. The Hall–Kier alpha value is -0.600. The second kappa shape index (κ2) is 36.6. The molecule has 0 fully saturated rings. The Morgan fingerprint density at radius 2 is 0.786 bits per heavy atom. The van der Waals surface area contributed by atoms with Crippen LogP contribution in [0.15, 0.2) is 0 Å². The van der Waals surface area contributed by atoms with Gasteiger partial charge in [-0.2, -0.15) is 0 Å². The van der Waals surface area contributed by atoms with Crippen LogP contribution >= 0.6 is 21.6 Å². The lowest BCUT2D eigenvalue weighted by Gasteiger charge is -2.07. The average molecular weight is 641 g/mol. The van der Waals surface area contributed by atoms with Crippen molar-refractivity contribution < 1.29 is 38.0 Å². The van der Waals surface area contributed by atoms with Gasteiger partial charge in [0.1, 0.15) is 0 Å². The fraction of sp³-hybridized carbons (Fsp3) is 0.933. The molecule has 0 spiro atoms. The van der Waals surface area contributed by atoms with E-state index >= 15 is 0 Å². The van der Waals surface area contributed by atoms with Crippen LogP contribution in [0.25, 0.3) is 0 Å². The van der Waals surface area contributed by atoms with Crippen molar-refractivity contribution in [3.63, 3.8) is 0 Å². The Bertz CT molecular complexity index is 531. The maximum atomic E-state index is 11.9. The number of methoxy groups -OCH3 is 2. The number of amides is 2. The van der Waals surface area contributed by atoms with Crippen LogP contribution in [-0.2, 0) is 38.0 Å². The Morgan fingerprint density at radius 1 is 0.452 bits per heavy atom. The van der Waals surface area contributed by atoms with E-state index in [1.54, 1.807) is 14.2 Å². The Morgan fingerprint density at radius 3 is 1.19 bits per heavy atom. The predicted octanol–water partition coefficient (Wildman–Crippen LogP) is 4.64. The number of rotatable bonds is 35. The minimum atomic E-state index is 0.112. The summed E-state index contributed by atoms with van der Waals surface area (Å²) in [5, 5.41) is 5.82. The van der Waals surface area contributed by atoms with Crippen LogP contribution < -0.4 is 10.6 Å². The quantitative estimate of drug-likeness (QED) is 0.0750. The van der Waals surface area contributed by atoms with E-state index in [1.165, 1.54) is 50.0 Å². The first-order valence-corrected chi connectivity index (χ1v) is 18.3. The number of hydrogen-bond acceptors (Lipinski definition) is 10. The van der Waals surface area contributed by atoms with Gasteiger partial charge in [-0.05, 0) is 25.7 Å². The van der Waals surface area contributed by atoms with Gasteiger partial charge in [-0.3, -0.25) is 9.59 Å². The topological polar surface area (TPSA) is 114 Å². The van der Waals surface area contributed by atoms with Crippen LogP contribution in [0.2, 0.25) is 0 Å². The third-order valence-corrected chi connectivity index (χ3v) is 8.67. The zero-order valence-electron chi connectivity index (χ0n) is 26.5. The van der Waals surface area contributed by atoms with Crippen molar-refractivity contribution in [2.24, 2.45) is 0 Å². The van der Waals surface area contributed by atoms with E-state index in [0.29, 0.717) is 92.0 Å². The van der Waals surface area contributed by atoms with Gasteiger partial charge in [0, 0.05) is 51.7 Å². The van der Waals surface area contributed by atoms with Crippen molar-refractivity contribution in [1.29, 1.82) is 0 Å². The fourth-order valence-electron chi connectivity index (χ4n) is 3.70. The first kappa shape index (κ1) is 41.4. The molecule has 0 aliphatic carbocycles. The van der Waals surface area contributed by atoms with Gasteiger partial charge in [0.25, 0.3) is 0 Å². The summed E-state index contributed by atoms with van der Waals surface area (Å²) >= 11 is 0. The van der Waals surface area contributed by atoms with Crippen LogP contribution in [0, 0.1) is 0 Å². The zero-order valence-corrected chi connectivity index (χ0v) is 28.1. The van der Waals surface area contributed by atoms with Gasteiger partial charge in [0.2, 0.25) is 11.8 Å². The Kier molecular flexibility index (Phi) is 36.1. The van der Waals surface area contributed by atoms with E-state index in [4.69, 9.17) is 28.4 Å². The van der Waals surface area contributed by atoms with Crippen molar-refractivity contribution in [3.05, 3.63) is 0 Å². The van der Waals surface area contributed by atoms with E-state index < -0.39 is 0 Å². The van der Waals surface area contributed by atoms with Crippen LogP contribution in [0.3, 0.4) is 0 Å². The third-order valence-electron chi connectivity index (χ3n) is 6.09. The standard InChI is InChI=1S/C30H60N2O8S2/c1-35-19-21-39-25-23-37-17-15-31-29(33)13-9-5-3-7-11-27-41-42-28-12-8-4-6-10-14-30(34)32-16-18-38-24-26-40-22-20-36-2/h3-28H2,1-2H3,(H,31,33)(H,32,34). The number of nitrogens with one attached hydrogen (secondary N) is 2. The minimum Gasteiger partial charge on any atom is -0.382 e. The highest BCUT2D eigenvalue weighted by molar-refractivity contribution is 8.76. The first-order valence-electron chi connectivity index (χ1n) is 15.8. The highest BCUT2D eigenvalue weighted by atomic mass is 33.1. The molecule has 0 rings (SSSR count). The molecule has 0 unspecified atom stereocenters. The van der Waals surface area contributed by atoms with E-state index in [1.807, 2.05) is 21.6 Å². The number of unbranched alkanes of at least 4 members (excludes halogenated alkanes) is 8. The molecule has 0 radical (unpaired) electrons. The molecule has 0 aromatic carbocycles. The second-order valence-electron chi connectivity index (χ2n) is 9.81. The van der Waals surface area contributed by atoms with Crippen LogP contribution in [-0.4, -0.2) is 117 Å². The third kappa shape index (κ3) is 35.6. The van der Waals surface area contributed by atoms with Crippen molar-refractivity contribution in [3.8, 4) is 0 Å². The molecule has 0 aromatic rings. The lowest BCUT2D eigenvalue weighted by atomic mass is 10.1. The number of carbonyl (C=O) groups is 2. The van der Waals surface area contributed by atoms with Crippen molar-refractivity contribution in [2.75, 3.05) is 105 Å². The summed E-state index contributed by atoms with van der Waals surface area (Å²) in [5.41, 5.74) is 0. The molecular weight excluding hydrogens is 580 g/mol. The minimum absolute atomic E-state index is 0.112. The summed E-state index contributed by atoms with van der Waals surface area (Å²) in [6.45, 7) is 6.63. The second-order valence-corrected chi connectivity index (χ2v) is 12.5. The summed E-state index contributed by atoms with van der Waals surface area (Å²) < 4.78 is 31.3. The molecule has 0 aliphatic rings. The Balaban J connectivity index is 3.20. The molecule has 0 saturated carbocycles. The van der Waals surface area contributed by atoms with Gasteiger partial charge in [-0.25, -0.2) is 0 Å². The molecular formula is C30H60N2O8S2. The van der Waals surface area contributed by atoms with Crippen molar-refractivity contribution in [2.45, 2.75) is 77.0 Å². The zero-order chi connectivity index (χ0) is 30.6. The highest BCUT2D eigenvalue weighted by Crippen LogP contribution is 2.24. The predicted molar refractivity (Wildman–Crippen MR) is 173 cm³/mol. The normalized spacial score (nSPS) is 11.2. The maximum Gasteiger partial charge on any atom is 0.220 e. The molecule has 2 N–H and O–H groups in total. The smallest absolute Gasteiger partial charge is 0.220 e. The summed E-state index contributed by atoms with van der Waals surface area (Å²) in [7, 11) is 7.26. The maximum absolute atomic E-state index is 11.9. The molecule has 10 nitrogen and oxygen atoms in total. The Labute approximate surface area is 263 Å². The summed E-state index contributed by atoms with van der Waals surface area (Å²) in [4.78, 5) is 23.7. The largest absolute Gasteiger partial charge is 0.382 e. The highest BCUT2D eigenvalue weighted by Gasteiger charge is 2.02. The van der Waals surface area contributed by atoms with Crippen LogP contribution in [0.5, 0.6) is 0 Å². The molecule has 0 saturated heterocycles. The van der Waals surface area contributed by atoms with Gasteiger partial charge in [0.05, 0.1) is 66.1 Å². The van der Waals surface area contributed by atoms with E-state index in [9.17, 15) is 9.59 Å². The van der Waals surface area contributed by atoms with Gasteiger partial charge < -0.3 is 39.1 Å². The lowest BCUT2D eigenvalue weighted by Crippen LogP contribution is -2.27. The van der Waals surface area contributed by atoms with Crippen LogP contribution in [0.1, 0.15) is 77.0 Å². The van der Waals surface area contributed by atoms with Gasteiger partial charge in [-0.1, -0.05) is 60.1 Å². The number of hydrogen-bond donors (Lipinski definition) is 2. The fourth-order valence-corrected chi connectivity index (χ4v) is 6.00. The van der Waals surface area contributed by atoms with Crippen molar-refractivity contribution >= 4 is 33.4 Å². The molecule has 0 heterocycles. The van der Waals surface area contributed by atoms with Crippen molar-refractivity contribution in [1.82, 2.24) is 10.6 Å². The average Bonchev–Trinajstić information content (AvgIpc) is 2.99.